The SMILES string of the molecule is Cn1c(CN2CCC(Cc3nc4ccc(F)cc4o3)CC2)nc2ccncc21. The summed E-state index contributed by atoms with van der Waals surface area (Å²) in [5, 5.41) is 0. The van der Waals surface area contributed by atoms with Crippen LogP contribution in [0.1, 0.15) is 24.6 Å². The molecule has 0 unspecified atom stereocenters. The van der Waals surface area contributed by atoms with Crippen LogP contribution in [0, 0.1) is 11.7 Å². The fraction of sp³-hybridized carbons (Fsp3) is 0.381. The maximum atomic E-state index is 13.3. The van der Waals surface area contributed by atoms with Crippen LogP contribution >= 0.6 is 0 Å². The number of piperidine rings is 1. The van der Waals surface area contributed by atoms with Crippen LogP contribution in [-0.2, 0) is 20.0 Å². The van der Waals surface area contributed by atoms with E-state index in [9.17, 15) is 4.39 Å². The Hall–Kier alpha value is -2.80. The number of hydrogen-bond donors (Lipinski definition) is 0. The molecule has 4 heterocycles. The zero-order chi connectivity index (χ0) is 19.1. The zero-order valence-electron chi connectivity index (χ0n) is 15.8. The van der Waals surface area contributed by atoms with E-state index in [2.05, 4.69) is 26.5 Å². The third-order valence-corrected chi connectivity index (χ3v) is 5.71. The Morgan fingerprint density at radius 1 is 1.14 bits per heavy atom. The lowest BCUT2D eigenvalue weighted by Gasteiger charge is -2.31. The third kappa shape index (κ3) is 3.26. The molecule has 28 heavy (non-hydrogen) atoms. The summed E-state index contributed by atoms with van der Waals surface area (Å²) in [6.07, 6.45) is 6.65. The molecular formula is C21H22FN5O. The average Bonchev–Trinajstić information content (AvgIpc) is 3.24. The Balaban J connectivity index is 1.21. The first-order valence-corrected chi connectivity index (χ1v) is 9.68. The number of pyridine rings is 1. The maximum absolute atomic E-state index is 13.3. The highest BCUT2D eigenvalue weighted by molar-refractivity contribution is 5.74. The molecule has 6 nitrogen and oxygen atoms in total. The topological polar surface area (TPSA) is 60.0 Å². The summed E-state index contributed by atoms with van der Waals surface area (Å²) in [4.78, 5) is 15.9. The average molecular weight is 379 g/mol. The molecule has 1 saturated heterocycles. The Morgan fingerprint density at radius 3 is 2.82 bits per heavy atom. The first-order valence-electron chi connectivity index (χ1n) is 9.68. The molecule has 0 radical (unpaired) electrons. The van der Waals surface area contributed by atoms with Crippen LogP contribution in [0.5, 0.6) is 0 Å². The molecule has 0 saturated carbocycles. The minimum atomic E-state index is -0.291. The van der Waals surface area contributed by atoms with Gasteiger partial charge >= 0.3 is 0 Å². The molecule has 0 amide bonds. The number of benzene rings is 1. The van der Waals surface area contributed by atoms with Crippen molar-refractivity contribution in [2.45, 2.75) is 25.8 Å². The van der Waals surface area contributed by atoms with Gasteiger partial charge in [0, 0.05) is 25.7 Å². The van der Waals surface area contributed by atoms with Gasteiger partial charge in [-0.2, -0.15) is 0 Å². The van der Waals surface area contributed by atoms with Gasteiger partial charge in [0.1, 0.15) is 17.2 Å². The fourth-order valence-corrected chi connectivity index (χ4v) is 4.06. The lowest BCUT2D eigenvalue weighted by atomic mass is 9.93. The van der Waals surface area contributed by atoms with Crippen molar-refractivity contribution < 1.29 is 8.81 Å². The molecule has 0 N–H and O–H groups in total. The molecule has 1 aliphatic rings. The van der Waals surface area contributed by atoms with Crippen molar-refractivity contribution in [3.05, 3.63) is 54.2 Å². The monoisotopic (exact) mass is 379 g/mol. The Morgan fingerprint density at radius 2 is 2.00 bits per heavy atom. The number of imidazole rings is 1. The van der Waals surface area contributed by atoms with Gasteiger partial charge in [-0.3, -0.25) is 9.88 Å². The summed E-state index contributed by atoms with van der Waals surface area (Å²) in [6, 6.07) is 6.45. The zero-order valence-corrected chi connectivity index (χ0v) is 15.8. The van der Waals surface area contributed by atoms with Gasteiger partial charge in [0.05, 0.1) is 23.8 Å². The predicted molar refractivity (Wildman–Crippen MR) is 104 cm³/mol. The highest BCUT2D eigenvalue weighted by atomic mass is 19.1. The summed E-state index contributed by atoms with van der Waals surface area (Å²) < 4.78 is 21.2. The predicted octanol–water partition coefficient (Wildman–Crippen LogP) is 3.70. The molecule has 0 bridgehead atoms. The first kappa shape index (κ1) is 17.3. The molecular weight excluding hydrogens is 357 g/mol. The van der Waals surface area contributed by atoms with Gasteiger partial charge in [-0.15, -0.1) is 0 Å². The Kier molecular flexibility index (Phi) is 4.31. The third-order valence-electron chi connectivity index (χ3n) is 5.71. The minimum absolute atomic E-state index is 0.291. The molecule has 0 aliphatic carbocycles. The maximum Gasteiger partial charge on any atom is 0.195 e. The highest BCUT2D eigenvalue weighted by Gasteiger charge is 2.23. The summed E-state index contributed by atoms with van der Waals surface area (Å²) in [7, 11) is 2.05. The van der Waals surface area contributed by atoms with Crippen LogP contribution in [0.2, 0.25) is 0 Å². The quantitative estimate of drug-likeness (QED) is 0.541. The number of aryl methyl sites for hydroxylation is 1. The van der Waals surface area contributed by atoms with Crippen LogP contribution < -0.4 is 0 Å². The van der Waals surface area contributed by atoms with Gasteiger partial charge in [0.2, 0.25) is 0 Å². The molecule has 0 atom stereocenters. The van der Waals surface area contributed by atoms with E-state index in [1.807, 2.05) is 12.3 Å². The van der Waals surface area contributed by atoms with Gasteiger partial charge in [-0.25, -0.2) is 14.4 Å². The van der Waals surface area contributed by atoms with E-state index in [1.54, 1.807) is 12.3 Å². The minimum Gasteiger partial charge on any atom is -0.441 e. The van der Waals surface area contributed by atoms with Gasteiger partial charge < -0.3 is 8.98 Å². The standard InChI is InChI=1S/C21H22FN5O/c1-26-18-12-23-7-4-16(18)24-20(26)13-27-8-5-14(6-9-27)10-21-25-17-3-2-15(22)11-19(17)28-21/h2-4,7,11-12,14H,5-6,8-10,13H2,1H3. The molecule has 1 aliphatic heterocycles. The number of likely N-dealkylation sites (tertiary alicyclic amines) is 1. The normalized spacial score (nSPS) is 16.4. The van der Waals surface area contributed by atoms with E-state index in [-0.39, 0.29) is 5.82 Å². The van der Waals surface area contributed by atoms with Gasteiger partial charge in [0.25, 0.3) is 0 Å². The van der Waals surface area contributed by atoms with Crippen molar-refractivity contribution in [3.63, 3.8) is 0 Å². The number of nitrogens with zero attached hydrogens (tertiary/aromatic N) is 5. The smallest absolute Gasteiger partial charge is 0.195 e. The van der Waals surface area contributed by atoms with Crippen molar-refractivity contribution in [1.29, 1.82) is 0 Å². The lowest BCUT2D eigenvalue weighted by molar-refractivity contribution is 0.168. The second kappa shape index (κ2) is 6.98. The van der Waals surface area contributed by atoms with Crippen LogP contribution in [0.15, 0.2) is 41.1 Å². The molecule has 144 valence electrons. The summed E-state index contributed by atoms with van der Waals surface area (Å²) in [5.74, 6) is 2.03. The number of aromatic nitrogens is 4. The molecule has 1 fully saturated rings. The van der Waals surface area contributed by atoms with Crippen molar-refractivity contribution in [2.75, 3.05) is 13.1 Å². The van der Waals surface area contributed by atoms with E-state index in [4.69, 9.17) is 9.40 Å². The second-order valence-electron chi connectivity index (χ2n) is 7.59. The molecule has 5 rings (SSSR count). The highest BCUT2D eigenvalue weighted by Crippen LogP contribution is 2.25. The van der Waals surface area contributed by atoms with Crippen molar-refractivity contribution >= 4 is 22.1 Å². The molecule has 7 heteroatoms. The molecule has 3 aromatic heterocycles. The summed E-state index contributed by atoms with van der Waals surface area (Å²) in [6.45, 7) is 2.90. The molecule has 0 spiro atoms. The second-order valence-corrected chi connectivity index (χ2v) is 7.59. The number of halogens is 1. The van der Waals surface area contributed by atoms with E-state index in [1.165, 1.54) is 12.1 Å². The summed E-state index contributed by atoms with van der Waals surface area (Å²) in [5.41, 5.74) is 3.32. The van der Waals surface area contributed by atoms with Crippen molar-refractivity contribution in [1.82, 2.24) is 24.4 Å². The van der Waals surface area contributed by atoms with Crippen LogP contribution in [0.3, 0.4) is 0 Å². The lowest BCUT2D eigenvalue weighted by Crippen LogP contribution is -2.34. The Labute approximate surface area is 162 Å². The van der Waals surface area contributed by atoms with Crippen LogP contribution in [-0.4, -0.2) is 37.5 Å². The van der Waals surface area contributed by atoms with Crippen LogP contribution in [0.25, 0.3) is 22.1 Å². The van der Waals surface area contributed by atoms with Crippen LogP contribution in [0.4, 0.5) is 4.39 Å². The van der Waals surface area contributed by atoms with E-state index < -0.39 is 0 Å². The van der Waals surface area contributed by atoms with E-state index >= 15 is 0 Å². The van der Waals surface area contributed by atoms with E-state index in [0.29, 0.717) is 17.4 Å². The number of oxazole rings is 1. The van der Waals surface area contributed by atoms with Crippen molar-refractivity contribution in [2.24, 2.45) is 13.0 Å². The summed E-state index contributed by atoms with van der Waals surface area (Å²) >= 11 is 0. The van der Waals surface area contributed by atoms with Crippen molar-refractivity contribution in [3.8, 4) is 0 Å². The van der Waals surface area contributed by atoms with Gasteiger partial charge in [0.15, 0.2) is 11.5 Å². The first-order chi connectivity index (χ1) is 13.7. The van der Waals surface area contributed by atoms with Gasteiger partial charge in [-0.05, 0) is 50.0 Å². The largest absolute Gasteiger partial charge is 0.441 e. The fourth-order valence-electron chi connectivity index (χ4n) is 4.06. The number of fused-ring (bicyclic) bond motifs is 2. The number of rotatable bonds is 4. The Bertz CT molecular complexity index is 1130. The van der Waals surface area contributed by atoms with Gasteiger partial charge in [-0.1, -0.05) is 0 Å². The number of hydrogen-bond acceptors (Lipinski definition) is 5. The van der Waals surface area contributed by atoms with E-state index in [0.717, 1.165) is 61.3 Å². The molecule has 1 aromatic carbocycles. The molecule has 4 aromatic rings.